The van der Waals surface area contributed by atoms with E-state index in [2.05, 4.69) is 10.6 Å². The number of anilines is 1. The molecule has 5 nitrogen and oxygen atoms in total. The van der Waals surface area contributed by atoms with Crippen molar-refractivity contribution >= 4 is 63.5 Å². The fourth-order valence-electron chi connectivity index (χ4n) is 2.14. The van der Waals surface area contributed by atoms with E-state index in [0.29, 0.717) is 25.7 Å². The highest BCUT2D eigenvalue weighted by Crippen LogP contribution is 2.26. The molecule has 0 aliphatic carbocycles. The summed E-state index contributed by atoms with van der Waals surface area (Å²) in [6, 6.07) is 13.9. The van der Waals surface area contributed by atoms with E-state index < -0.39 is 0 Å². The standard InChI is InChI=1S/C18H13ClN2O3S2/c19-12-2-1-3-13(9-12)20-16(22)10-24-14-6-4-11(5-7-14)8-15-17(23)21-18(25)26-15/h1-9H,10H2,(H,20,22)(H,21,23,25)/b15-8-. The van der Waals surface area contributed by atoms with E-state index in [1.807, 2.05) is 0 Å². The predicted octanol–water partition coefficient (Wildman–Crippen LogP) is 3.85. The molecule has 2 aromatic rings. The van der Waals surface area contributed by atoms with Crippen LogP contribution in [0.2, 0.25) is 5.02 Å². The molecule has 2 amide bonds. The van der Waals surface area contributed by atoms with E-state index in [1.54, 1.807) is 54.6 Å². The van der Waals surface area contributed by atoms with Crippen molar-refractivity contribution in [2.24, 2.45) is 0 Å². The molecule has 0 unspecified atom stereocenters. The highest BCUT2D eigenvalue weighted by molar-refractivity contribution is 8.26. The smallest absolute Gasteiger partial charge is 0.263 e. The van der Waals surface area contributed by atoms with Gasteiger partial charge < -0.3 is 15.4 Å². The summed E-state index contributed by atoms with van der Waals surface area (Å²) in [6.07, 6.45) is 1.74. The maximum absolute atomic E-state index is 11.9. The second-order valence-corrected chi connectivity index (χ2v) is 7.42. The Bertz CT molecular complexity index is 898. The molecule has 2 N–H and O–H groups in total. The minimum atomic E-state index is -0.286. The van der Waals surface area contributed by atoms with Gasteiger partial charge >= 0.3 is 0 Å². The topological polar surface area (TPSA) is 67.4 Å². The zero-order valence-electron chi connectivity index (χ0n) is 13.3. The second-order valence-electron chi connectivity index (χ2n) is 5.27. The molecule has 0 aromatic heterocycles. The molecule has 2 aromatic carbocycles. The molecule has 0 saturated carbocycles. The quantitative estimate of drug-likeness (QED) is 0.585. The van der Waals surface area contributed by atoms with Gasteiger partial charge in [-0.1, -0.05) is 53.8 Å². The van der Waals surface area contributed by atoms with Crippen LogP contribution >= 0.6 is 35.6 Å². The molecule has 3 rings (SSSR count). The SMILES string of the molecule is O=C(COc1ccc(/C=C2\SC(=S)NC2=O)cc1)Nc1cccc(Cl)c1. The Balaban J connectivity index is 1.54. The van der Waals surface area contributed by atoms with Crippen molar-refractivity contribution in [1.82, 2.24) is 5.32 Å². The summed E-state index contributed by atoms with van der Waals surface area (Å²) in [5.41, 5.74) is 1.45. The number of carbonyl (C=O) groups is 2. The second kappa shape index (κ2) is 8.35. The number of amides is 2. The molecule has 132 valence electrons. The van der Waals surface area contributed by atoms with Crippen molar-refractivity contribution in [1.29, 1.82) is 0 Å². The van der Waals surface area contributed by atoms with Crippen molar-refractivity contribution in [2.75, 3.05) is 11.9 Å². The number of halogens is 1. The van der Waals surface area contributed by atoms with Gasteiger partial charge in [0.1, 0.15) is 10.1 Å². The van der Waals surface area contributed by atoms with Crippen molar-refractivity contribution in [2.45, 2.75) is 0 Å². The predicted molar refractivity (Wildman–Crippen MR) is 108 cm³/mol. The molecule has 0 spiro atoms. The number of nitrogens with one attached hydrogen (secondary N) is 2. The van der Waals surface area contributed by atoms with Crippen LogP contribution in [0.15, 0.2) is 53.4 Å². The average molecular weight is 405 g/mol. The van der Waals surface area contributed by atoms with Crippen LogP contribution in [-0.2, 0) is 9.59 Å². The van der Waals surface area contributed by atoms with Crippen LogP contribution in [0.25, 0.3) is 6.08 Å². The van der Waals surface area contributed by atoms with E-state index in [0.717, 1.165) is 5.56 Å². The van der Waals surface area contributed by atoms with Crippen molar-refractivity contribution in [3.05, 3.63) is 64.0 Å². The van der Waals surface area contributed by atoms with Crippen LogP contribution in [0, 0.1) is 0 Å². The Labute approximate surface area is 164 Å². The van der Waals surface area contributed by atoms with E-state index in [-0.39, 0.29) is 18.4 Å². The lowest BCUT2D eigenvalue weighted by Gasteiger charge is -2.08. The first-order valence-electron chi connectivity index (χ1n) is 7.53. The largest absolute Gasteiger partial charge is 0.484 e. The van der Waals surface area contributed by atoms with Crippen LogP contribution in [-0.4, -0.2) is 22.7 Å². The fraction of sp³-hybridized carbons (Fsp3) is 0.0556. The molecule has 1 saturated heterocycles. The Hall–Kier alpha value is -2.35. The lowest BCUT2D eigenvalue weighted by Crippen LogP contribution is -2.20. The van der Waals surface area contributed by atoms with Gasteiger partial charge in [0, 0.05) is 10.7 Å². The minimum absolute atomic E-state index is 0.126. The Kier molecular flexibility index (Phi) is 5.92. The van der Waals surface area contributed by atoms with Gasteiger partial charge in [0.15, 0.2) is 6.61 Å². The van der Waals surface area contributed by atoms with Gasteiger partial charge in [-0.3, -0.25) is 9.59 Å². The number of benzene rings is 2. The number of thioether (sulfide) groups is 1. The van der Waals surface area contributed by atoms with Crippen molar-refractivity contribution in [3.63, 3.8) is 0 Å². The van der Waals surface area contributed by atoms with Crippen LogP contribution in [0.1, 0.15) is 5.56 Å². The number of carbonyl (C=O) groups excluding carboxylic acids is 2. The first kappa shape index (κ1) is 18.4. The van der Waals surface area contributed by atoms with Crippen LogP contribution in [0.4, 0.5) is 5.69 Å². The summed E-state index contributed by atoms with van der Waals surface area (Å²) in [4.78, 5) is 24.1. The normalized spacial score (nSPS) is 15.0. The Morgan fingerprint density at radius 1 is 1.27 bits per heavy atom. The molecular weight excluding hydrogens is 392 g/mol. The summed E-state index contributed by atoms with van der Waals surface area (Å²) in [6.45, 7) is -0.126. The van der Waals surface area contributed by atoms with Crippen LogP contribution < -0.4 is 15.4 Å². The van der Waals surface area contributed by atoms with E-state index >= 15 is 0 Å². The molecule has 1 aliphatic heterocycles. The molecular formula is C18H13ClN2O3S2. The van der Waals surface area contributed by atoms with Gasteiger partial charge in [-0.2, -0.15) is 0 Å². The molecule has 26 heavy (non-hydrogen) atoms. The average Bonchev–Trinajstić information content (AvgIpc) is 2.91. The third kappa shape index (κ3) is 5.08. The zero-order valence-corrected chi connectivity index (χ0v) is 15.7. The Morgan fingerprint density at radius 3 is 2.69 bits per heavy atom. The van der Waals surface area contributed by atoms with E-state index in [4.69, 9.17) is 28.6 Å². The minimum Gasteiger partial charge on any atom is -0.484 e. The third-order valence-corrected chi connectivity index (χ3v) is 4.70. The lowest BCUT2D eigenvalue weighted by atomic mass is 10.2. The Morgan fingerprint density at radius 2 is 2.04 bits per heavy atom. The number of hydrogen-bond acceptors (Lipinski definition) is 5. The zero-order chi connectivity index (χ0) is 18.5. The lowest BCUT2D eigenvalue weighted by molar-refractivity contribution is -0.118. The summed E-state index contributed by atoms with van der Waals surface area (Å²) in [5.74, 6) is 0.0662. The van der Waals surface area contributed by atoms with Gasteiger partial charge in [0.25, 0.3) is 11.8 Å². The molecule has 1 fully saturated rings. The van der Waals surface area contributed by atoms with Gasteiger partial charge in [-0.25, -0.2) is 0 Å². The summed E-state index contributed by atoms with van der Waals surface area (Å²) >= 11 is 12.0. The monoisotopic (exact) mass is 404 g/mol. The molecule has 1 aliphatic rings. The van der Waals surface area contributed by atoms with Gasteiger partial charge in [-0.15, -0.1) is 0 Å². The summed E-state index contributed by atoms with van der Waals surface area (Å²) < 4.78 is 5.91. The molecule has 8 heteroatoms. The van der Waals surface area contributed by atoms with Crippen molar-refractivity contribution < 1.29 is 14.3 Å². The number of ether oxygens (including phenoxy) is 1. The maximum atomic E-state index is 11.9. The summed E-state index contributed by atoms with van der Waals surface area (Å²) in [5, 5.41) is 5.81. The number of hydrogen-bond donors (Lipinski definition) is 2. The fourth-order valence-corrected chi connectivity index (χ4v) is 3.38. The van der Waals surface area contributed by atoms with E-state index in [9.17, 15) is 9.59 Å². The molecule has 0 atom stereocenters. The van der Waals surface area contributed by atoms with Crippen LogP contribution in [0.5, 0.6) is 5.75 Å². The number of thiocarbonyl (C=S) groups is 1. The highest BCUT2D eigenvalue weighted by atomic mass is 35.5. The first-order valence-corrected chi connectivity index (χ1v) is 9.13. The molecule has 0 bridgehead atoms. The van der Waals surface area contributed by atoms with Gasteiger partial charge in [0.05, 0.1) is 4.91 Å². The highest BCUT2D eigenvalue weighted by Gasteiger charge is 2.21. The first-order chi connectivity index (χ1) is 12.5. The van der Waals surface area contributed by atoms with Gasteiger partial charge in [0.2, 0.25) is 0 Å². The number of rotatable bonds is 5. The van der Waals surface area contributed by atoms with Crippen molar-refractivity contribution in [3.8, 4) is 5.75 Å². The van der Waals surface area contributed by atoms with Crippen LogP contribution in [0.3, 0.4) is 0 Å². The third-order valence-electron chi connectivity index (χ3n) is 3.30. The van der Waals surface area contributed by atoms with E-state index in [1.165, 1.54) is 11.8 Å². The van der Waals surface area contributed by atoms with Gasteiger partial charge in [-0.05, 0) is 42.0 Å². The summed E-state index contributed by atoms with van der Waals surface area (Å²) in [7, 11) is 0. The molecule has 0 radical (unpaired) electrons. The maximum Gasteiger partial charge on any atom is 0.263 e. The molecule has 1 heterocycles.